The normalized spacial score (nSPS) is 27.1. The lowest BCUT2D eigenvalue weighted by Crippen LogP contribution is -2.53. The Morgan fingerprint density at radius 2 is 2.00 bits per heavy atom. The van der Waals surface area contributed by atoms with Crippen LogP contribution in [0.5, 0.6) is 5.75 Å². The lowest BCUT2D eigenvalue weighted by Gasteiger charge is -2.50. The van der Waals surface area contributed by atoms with E-state index in [2.05, 4.69) is 11.9 Å². The molecule has 2 bridgehead atoms. The van der Waals surface area contributed by atoms with Gasteiger partial charge in [-0.05, 0) is 67.9 Å². The summed E-state index contributed by atoms with van der Waals surface area (Å²) in [5, 5.41) is 10.9. The number of hydrogen-bond donors (Lipinski definition) is 1. The van der Waals surface area contributed by atoms with Gasteiger partial charge in [0, 0.05) is 23.5 Å². The molecule has 2 aromatic carbocycles. The van der Waals surface area contributed by atoms with Crippen molar-refractivity contribution in [2.24, 2.45) is 0 Å². The number of ketones is 1. The fourth-order valence-electron chi connectivity index (χ4n) is 4.44. The van der Waals surface area contributed by atoms with E-state index in [-0.39, 0.29) is 23.0 Å². The van der Waals surface area contributed by atoms with E-state index in [9.17, 15) is 9.90 Å². The molecule has 4 rings (SSSR count). The van der Waals surface area contributed by atoms with Crippen molar-refractivity contribution < 1.29 is 9.90 Å². The number of Topliss-reactive ketones (excluding diaryl/α,β-unsaturated/α-hetero) is 1. The van der Waals surface area contributed by atoms with Gasteiger partial charge in [0.2, 0.25) is 0 Å². The van der Waals surface area contributed by atoms with Gasteiger partial charge in [-0.15, -0.1) is 0 Å². The molecule has 5 heteroatoms. The van der Waals surface area contributed by atoms with Crippen molar-refractivity contribution >= 4 is 35.1 Å². The molecular formula is C22H21Cl2NO2. The van der Waals surface area contributed by atoms with Crippen LogP contribution in [0.15, 0.2) is 48.0 Å². The number of likely N-dealkylation sites (tertiary alicyclic amines) is 1. The molecule has 1 aliphatic heterocycles. The first-order valence-corrected chi connectivity index (χ1v) is 9.83. The van der Waals surface area contributed by atoms with Crippen LogP contribution in [0.25, 0.3) is 6.08 Å². The molecular weight excluding hydrogens is 381 g/mol. The second-order valence-electron chi connectivity index (χ2n) is 7.65. The fourth-order valence-corrected chi connectivity index (χ4v) is 4.74. The molecule has 0 amide bonds. The van der Waals surface area contributed by atoms with Gasteiger partial charge in [0.05, 0.1) is 10.0 Å². The quantitative estimate of drug-likeness (QED) is 0.712. The first-order chi connectivity index (χ1) is 12.9. The van der Waals surface area contributed by atoms with Gasteiger partial charge in [-0.2, -0.15) is 0 Å². The van der Waals surface area contributed by atoms with Crippen LogP contribution in [-0.4, -0.2) is 35.4 Å². The smallest absolute Gasteiger partial charge is 0.161 e. The largest absolute Gasteiger partial charge is 0.508 e. The summed E-state index contributed by atoms with van der Waals surface area (Å²) in [6.45, 7) is 0.909. The van der Waals surface area contributed by atoms with Crippen LogP contribution in [0.1, 0.15) is 30.4 Å². The van der Waals surface area contributed by atoms with E-state index in [1.807, 2.05) is 30.3 Å². The number of benzene rings is 2. The Kier molecular flexibility index (Phi) is 4.79. The van der Waals surface area contributed by atoms with Crippen LogP contribution in [0.4, 0.5) is 0 Å². The third-order valence-electron chi connectivity index (χ3n) is 5.96. The van der Waals surface area contributed by atoms with Crippen molar-refractivity contribution in [1.82, 2.24) is 4.90 Å². The molecule has 0 spiro atoms. The van der Waals surface area contributed by atoms with E-state index >= 15 is 0 Å². The zero-order valence-corrected chi connectivity index (χ0v) is 16.6. The number of rotatable bonds is 2. The Morgan fingerprint density at radius 3 is 2.74 bits per heavy atom. The van der Waals surface area contributed by atoms with E-state index in [1.165, 1.54) is 0 Å². The van der Waals surface area contributed by atoms with Crippen molar-refractivity contribution in [1.29, 1.82) is 0 Å². The first-order valence-electron chi connectivity index (χ1n) is 9.08. The highest BCUT2D eigenvalue weighted by Gasteiger charge is 2.48. The SMILES string of the molecule is CN1CC[C@@]2(c3cccc(O)c3)CC(=O)/C(=C\c3ccc(Cl)c(Cl)c3)[C@@H]1C2. The Labute approximate surface area is 169 Å². The number of hydrogen-bond acceptors (Lipinski definition) is 3. The topological polar surface area (TPSA) is 40.5 Å². The number of piperidine rings is 1. The molecule has 2 atom stereocenters. The van der Waals surface area contributed by atoms with Crippen molar-refractivity contribution in [3.05, 3.63) is 69.2 Å². The number of likely N-dealkylation sites (N-methyl/N-ethyl adjacent to an activating group) is 1. The van der Waals surface area contributed by atoms with Gasteiger partial charge in [-0.1, -0.05) is 41.4 Å². The fraction of sp³-hybridized carbons (Fsp3) is 0.318. The van der Waals surface area contributed by atoms with E-state index in [0.717, 1.165) is 36.1 Å². The van der Waals surface area contributed by atoms with Gasteiger partial charge in [-0.3, -0.25) is 9.69 Å². The zero-order valence-electron chi connectivity index (χ0n) is 15.1. The average molecular weight is 402 g/mol. The van der Waals surface area contributed by atoms with E-state index in [4.69, 9.17) is 23.2 Å². The molecule has 1 saturated heterocycles. The molecule has 0 aromatic heterocycles. The molecule has 140 valence electrons. The number of aromatic hydroxyl groups is 1. The van der Waals surface area contributed by atoms with Crippen molar-refractivity contribution in [2.45, 2.75) is 30.7 Å². The van der Waals surface area contributed by atoms with E-state index in [0.29, 0.717) is 16.5 Å². The Morgan fingerprint density at radius 1 is 1.19 bits per heavy atom. The van der Waals surface area contributed by atoms with Crippen LogP contribution < -0.4 is 0 Å². The molecule has 0 radical (unpaired) electrons. The van der Waals surface area contributed by atoms with Gasteiger partial charge < -0.3 is 5.11 Å². The first kappa shape index (κ1) is 18.5. The summed E-state index contributed by atoms with van der Waals surface area (Å²) in [7, 11) is 2.07. The third-order valence-corrected chi connectivity index (χ3v) is 6.70. The summed E-state index contributed by atoms with van der Waals surface area (Å²) < 4.78 is 0. The molecule has 2 aromatic rings. The third kappa shape index (κ3) is 3.40. The Balaban J connectivity index is 1.73. The molecule has 27 heavy (non-hydrogen) atoms. The van der Waals surface area contributed by atoms with Crippen LogP contribution >= 0.6 is 23.2 Å². The molecule has 2 aliphatic rings. The minimum atomic E-state index is -0.206. The number of carbonyl (C=O) groups excluding carboxylic acids is 1. The van der Waals surface area contributed by atoms with Crippen LogP contribution in [-0.2, 0) is 10.2 Å². The molecule has 1 aliphatic carbocycles. The number of halogens is 2. The molecule has 0 unspecified atom stereocenters. The standard InChI is InChI=1S/C22H21Cl2NO2/c1-25-8-7-22(15-3-2-4-16(26)11-15)12-20(25)17(21(27)13-22)9-14-5-6-18(23)19(24)10-14/h2-6,9-11,20,26H,7-8,12-13H2,1H3/b17-9-/t20-,22-/m0/s1. The van der Waals surface area contributed by atoms with Gasteiger partial charge >= 0.3 is 0 Å². The van der Waals surface area contributed by atoms with E-state index < -0.39 is 0 Å². The van der Waals surface area contributed by atoms with Crippen molar-refractivity contribution in [3.8, 4) is 5.75 Å². The lowest BCUT2D eigenvalue weighted by atomic mass is 9.61. The number of phenolic OH excluding ortho intramolecular Hbond substituents is 1. The predicted octanol–water partition coefficient (Wildman–Crippen LogP) is 5.09. The summed E-state index contributed by atoms with van der Waals surface area (Å²) >= 11 is 12.1. The van der Waals surface area contributed by atoms with Gasteiger partial charge in [0.1, 0.15) is 5.75 Å². The molecule has 1 heterocycles. The van der Waals surface area contributed by atoms with Crippen molar-refractivity contribution in [3.63, 3.8) is 0 Å². The summed E-state index contributed by atoms with van der Waals surface area (Å²) in [6.07, 6.45) is 4.19. The lowest BCUT2D eigenvalue weighted by molar-refractivity contribution is -0.120. The highest BCUT2D eigenvalue weighted by molar-refractivity contribution is 6.42. The summed E-state index contributed by atoms with van der Waals surface area (Å²) in [5.74, 6) is 0.411. The molecule has 3 nitrogen and oxygen atoms in total. The molecule has 2 fully saturated rings. The monoisotopic (exact) mass is 401 g/mol. The maximum absolute atomic E-state index is 13.2. The minimum absolute atomic E-state index is 0.0526. The second kappa shape index (κ2) is 6.97. The van der Waals surface area contributed by atoms with Gasteiger partial charge in [0.15, 0.2) is 5.78 Å². The maximum atomic E-state index is 13.2. The predicted molar refractivity (Wildman–Crippen MR) is 109 cm³/mol. The number of nitrogens with zero attached hydrogens (tertiary/aromatic N) is 1. The Hall–Kier alpha value is -1.81. The highest BCUT2D eigenvalue weighted by atomic mass is 35.5. The van der Waals surface area contributed by atoms with Crippen LogP contribution in [0, 0.1) is 0 Å². The second-order valence-corrected chi connectivity index (χ2v) is 8.47. The van der Waals surface area contributed by atoms with Crippen LogP contribution in [0.2, 0.25) is 10.0 Å². The molecule has 1 saturated carbocycles. The summed E-state index contributed by atoms with van der Waals surface area (Å²) in [5.41, 5.74) is 2.56. The zero-order chi connectivity index (χ0) is 19.2. The van der Waals surface area contributed by atoms with E-state index in [1.54, 1.807) is 18.2 Å². The van der Waals surface area contributed by atoms with Gasteiger partial charge in [-0.25, -0.2) is 0 Å². The average Bonchev–Trinajstić information content (AvgIpc) is 2.64. The Bertz CT molecular complexity index is 940. The highest BCUT2D eigenvalue weighted by Crippen LogP contribution is 2.48. The molecule has 1 N–H and O–H groups in total. The minimum Gasteiger partial charge on any atom is -0.508 e. The number of carbonyl (C=O) groups is 1. The van der Waals surface area contributed by atoms with Crippen molar-refractivity contribution in [2.75, 3.05) is 13.6 Å². The summed E-state index contributed by atoms with van der Waals surface area (Å²) in [4.78, 5) is 15.4. The summed E-state index contributed by atoms with van der Waals surface area (Å²) in [6, 6.07) is 12.9. The van der Waals surface area contributed by atoms with Gasteiger partial charge in [0.25, 0.3) is 0 Å². The maximum Gasteiger partial charge on any atom is 0.161 e. The van der Waals surface area contributed by atoms with Crippen LogP contribution in [0.3, 0.4) is 0 Å². The number of phenols is 1. The number of fused-ring (bicyclic) bond motifs is 2.